The van der Waals surface area contributed by atoms with Gasteiger partial charge in [-0.3, -0.25) is 4.79 Å². The number of carbonyl (C=O) groups is 1. The molecule has 1 fully saturated rings. The van der Waals surface area contributed by atoms with E-state index in [0.717, 1.165) is 54.3 Å². The molecule has 1 amide bonds. The normalized spacial score (nSPS) is 18.9. The lowest BCUT2D eigenvalue weighted by Crippen LogP contribution is -2.33. The molecule has 3 aromatic rings. The van der Waals surface area contributed by atoms with Gasteiger partial charge in [0.15, 0.2) is 0 Å². The van der Waals surface area contributed by atoms with Crippen LogP contribution in [0.5, 0.6) is 0 Å². The van der Waals surface area contributed by atoms with Gasteiger partial charge in [-0.1, -0.05) is 24.3 Å². The van der Waals surface area contributed by atoms with E-state index in [0.29, 0.717) is 5.92 Å². The van der Waals surface area contributed by atoms with Gasteiger partial charge in [0, 0.05) is 35.7 Å². The third-order valence-electron chi connectivity index (χ3n) is 6.21. The fourth-order valence-electron chi connectivity index (χ4n) is 4.32. The molecule has 0 spiro atoms. The van der Waals surface area contributed by atoms with Gasteiger partial charge >= 0.3 is 0 Å². The second kappa shape index (κ2) is 6.30. The van der Waals surface area contributed by atoms with Crippen LogP contribution in [0.3, 0.4) is 0 Å². The smallest absolute Gasteiger partial charge is 0.235 e. The molecule has 1 aromatic carbocycles. The Hall–Kier alpha value is -2.95. The Balaban J connectivity index is 1.32. The minimum atomic E-state index is -0.494. The molecule has 5 nitrogen and oxygen atoms in total. The van der Waals surface area contributed by atoms with Gasteiger partial charge in [0.05, 0.1) is 10.9 Å². The first kappa shape index (κ1) is 17.2. The molecule has 0 atom stereocenters. The van der Waals surface area contributed by atoms with Crippen molar-refractivity contribution in [1.82, 2.24) is 9.97 Å². The predicted molar refractivity (Wildman–Crippen MR) is 112 cm³/mol. The second-order valence-corrected chi connectivity index (χ2v) is 8.33. The van der Waals surface area contributed by atoms with Crippen molar-refractivity contribution in [2.75, 3.05) is 23.3 Å². The van der Waals surface area contributed by atoms with Gasteiger partial charge in [0.1, 0.15) is 11.6 Å². The van der Waals surface area contributed by atoms with E-state index >= 15 is 0 Å². The van der Waals surface area contributed by atoms with Gasteiger partial charge in [0.2, 0.25) is 5.91 Å². The Labute approximate surface area is 164 Å². The van der Waals surface area contributed by atoms with Crippen LogP contribution in [0.2, 0.25) is 0 Å². The predicted octanol–water partition coefficient (Wildman–Crippen LogP) is 4.24. The van der Waals surface area contributed by atoms with Crippen LogP contribution in [0.4, 0.5) is 11.6 Å². The lowest BCUT2D eigenvalue weighted by molar-refractivity contribution is -0.119. The molecule has 2 aliphatic heterocycles. The van der Waals surface area contributed by atoms with Crippen LogP contribution in [0.15, 0.2) is 48.5 Å². The van der Waals surface area contributed by atoms with Gasteiger partial charge in [-0.25, -0.2) is 9.97 Å². The van der Waals surface area contributed by atoms with Crippen molar-refractivity contribution in [3.8, 4) is 0 Å². The van der Waals surface area contributed by atoms with Gasteiger partial charge in [-0.2, -0.15) is 0 Å². The molecular weight excluding hydrogens is 348 g/mol. The zero-order valence-corrected chi connectivity index (χ0v) is 16.3. The monoisotopic (exact) mass is 372 g/mol. The number of amides is 1. The van der Waals surface area contributed by atoms with Gasteiger partial charge in [-0.05, 0) is 51.0 Å². The number of nitrogens with one attached hydrogen (secondary N) is 1. The summed E-state index contributed by atoms with van der Waals surface area (Å²) >= 11 is 0. The zero-order valence-electron chi connectivity index (χ0n) is 16.3. The van der Waals surface area contributed by atoms with E-state index in [-0.39, 0.29) is 5.91 Å². The summed E-state index contributed by atoms with van der Waals surface area (Å²) in [6.45, 7) is 5.83. The van der Waals surface area contributed by atoms with Crippen molar-refractivity contribution in [2.24, 2.45) is 0 Å². The first-order valence-electron chi connectivity index (χ1n) is 9.96. The van der Waals surface area contributed by atoms with Crippen molar-refractivity contribution in [3.63, 3.8) is 0 Å². The number of carbonyl (C=O) groups excluding carboxylic acids is 1. The van der Waals surface area contributed by atoms with Crippen molar-refractivity contribution in [1.29, 1.82) is 0 Å². The highest BCUT2D eigenvalue weighted by Gasteiger charge is 2.39. The Morgan fingerprint density at radius 1 is 1.00 bits per heavy atom. The molecule has 2 aliphatic rings. The molecule has 0 aliphatic carbocycles. The molecule has 0 bridgehead atoms. The lowest BCUT2D eigenvalue weighted by atomic mass is 9.86. The number of fused-ring (bicyclic) bond motifs is 2. The number of pyridine rings is 2. The van der Waals surface area contributed by atoms with E-state index < -0.39 is 5.41 Å². The summed E-state index contributed by atoms with van der Waals surface area (Å²) in [5.41, 5.74) is 2.63. The third kappa shape index (κ3) is 2.73. The van der Waals surface area contributed by atoms with E-state index in [1.807, 2.05) is 26.0 Å². The molecule has 0 unspecified atom stereocenters. The zero-order chi connectivity index (χ0) is 19.3. The largest absolute Gasteiger partial charge is 0.357 e. The number of para-hydroxylation sites is 1. The minimum absolute atomic E-state index is 0.0318. The first-order valence-corrected chi connectivity index (χ1v) is 9.96. The number of hydrogen-bond acceptors (Lipinski definition) is 4. The molecule has 5 rings (SSSR count). The van der Waals surface area contributed by atoms with E-state index in [9.17, 15) is 4.79 Å². The molecule has 28 heavy (non-hydrogen) atoms. The molecule has 2 aromatic heterocycles. The molecule has 4 heterocycles. The van der Waals surface area contributed by atoms with Crippen LogP contribution in [-0.4, -0.2) is 29.0 Å². The van der Waals surface area contributed by atoms with Crippen LogP contribution in [-0.2, 0) is 10.2 Å². The van der Waals surface area contributed by atoms with Crippen LogP contribution in [0, 0.1) is 0 Å². The molecule has 5 heteroatoms. The molecular formula is C23H24N4O. The van der Waals surface area contributed by atoms with Crippen LogP contribution in [0.25, 0.3) is 10.9 Å². The quantitative estimate of drug-likeness (QED) is 0.731. The standard InChI is InChI=1S/C23H24N4O/c1-23(2)17-8-9-19(25-21(17)26-22(23)28)16-11-13-27(14-12-16)20-10-7-15-5-3-4-6-18(15)24-20/h3-10,16H,11-14H2,1-2H3,(H,25,26,28). The summed E-state index contributed by atoms with van der Waals surface area (Å²) in [7, 11) is 0. The van der Waals surface area contributed by atoms with E-state index in [4.69, 9.17) is 9.97 Å². The average molecular weight is 372 g/mol. The van der Waals surface area contributed by atoms with E-state index in [2.05, 4.69) is 46.6 Å². The number of hydrogen-bond donors (Lipinski definition) is 1. The summed E-state index contributed by atoms with van der Waals surface area (Å²) in [6.07, 6.45) is 2.08. The maximum Gasteiger partial charge on any atom is 0.235 e. The second-order valence-electron chi connectivity index (χ2n) is 8.33. The fourth-order valence-corrected chi connectivity index (χ4v) is 4.32. The summed E-state index contributed by atoms with van der Waals surface area (Å²) < 4.78 is 0. The highest BCUT2D eigenvalue weighted by atomic mass is 16.2. The summed E-state index contributed by atoms with van der Waals surface area (Å²) in [5.74, 6) is 2.24. The van der Waals surface area contributed by atoms with Gasteiger partial charge in [-0.15, -0.1) is 0 Å². The highest BCUT2D eigenvalue weighted by Crippen LogP contribution is 2.38. The summed E-state index contributed by atoms with van der Waals surface area (Å²) in [5, 5.41) is 4.12. The Kier molecular flexibility index (Phi) is 3.86. The summed E-state index contributed by atoms with van der Waals surface area (Å²) in [4.78, 5) is 24.2. The first-order chi connectivity index (χ1) is 13.5. The van der Waals surface area contributed by atoms with Crippen LogP contribution >= 0.6 is 0 Å². The van der Waals surface area contributed by atoms with Crippen molar-refractivity contribution >= 4 is 28.4 Å². The van der Waals surface area contributed by atoms with Crippen LogP contribution < -0.4 is 10.2 Å². The number of benzene rings is 1. The van der Waals surface area contributed by atoms with Crippen molar-refractivity contribution in [2.45, 2.75) is 38.0 Å². The Bertz CT molecular complexity index is 1070. The third-order valence-corrected chi connectivity index (χ3v) is 6.21. The Morgan fingerprint density at radius 3 is 2.61 bits per heavy atom. The molecule has 0 saturated carbocycles. The number of rotatable bonds is 2. The lowest BCUT2D eigenvalue weighted by Gasteiger charge is -2.32. The maximum absolute atomic E-state index is 12.2. The van der Waals surface area contributed by atoms with Gasteiger partial charge in [0.25, 0.3) is 0 Å². The molecule has 1 saturated heterocycles. The number of nitrogens with zero attached hydrogens (tertiary/aromatic N) is 3. The van der Waals surface area contributed by atoms with Crippen molar-refractivity contribution in [3.05, 3.63) is 59.8 Å². The topological polar surface area (TPSA) is 58.1 Å². The molecule has 1 N–H and O–H groups in total. The molecule has 0 radical (unpaired) electrons. The number of piperidine rings is 1. The highest BCUT2D eigenvalue weighted by molar-refractivity contribution is 6.04. The maximum atomic E-state index is 12.2. The molecule has 142 valence electrons. The van der Waals surface area contributed by atoms with Gasteiger partial charge < -0.3 is 10.2 Å². The van der Waals surface area contributed by atoms with E-state index in [1.165, 1.54) is 5.39 Å². The fraction of sp³-hybridized carbons (Fsp3) is 0.348. The average Bonchev–Trinajstić information content (AvgIpc) is 2.96. The van der Waals surface area contributed by atoms with E-state index in [1.54, 1.807) is 0 Å². The minimum Gasteiger partial charge on any atom is -0.357 e. The summed E-state index contributed by atoms with van der Waals surface area (Å²) in [6, 6.07) is 16.7. The number of anilines is 2. The SMILES string of the molecule is CC1(C)C(=O)Nc2nc(C3CCN(c4ccc5ccccc5n4)CC3)ccc21. The van der Waals surface area contributed by atoms with Crippen molar-refractivity contribution < 1.29 is 4.79 Å². The number of aromatic nitrogens is 2. The Morgan fingerprint density at radius 2 is 1.79 bits per heavy atom. The van der Waals surface area contributed by atoms with Crippen LogP contribution in [0.1, 0.15) is 43.9 Å².